The molecule has 0 radical (unpaired) electrons. The van der Waals surface area contributed by atoms with Crippen LogP contribution in [0.15, 0.2) is 0 Å². The number of likely N-dealkylation sites (tertiary alicyclic amines) is 1. The van der Waals surface area contributed by atoms with Crippen molar-refractivity contribution in [3.05, 3.63) is 0 Å². The van der Waals surface area contributed by atoms with Crippen molar-refractivity contribution in [2.75, 3.05) is 19.6 Å². The molecule has 2 heterocycles. The van der Waals surface area contributed by atoms with E-state index in [0.717, 1.165) is 49.2 Å². The van der Waals surface area contributed by atoms with Gasteiger partial charge in [0.1, 0.15) is 0 Å². The van der Waals surface area contributed by atoms with Gasteiger partial charge in [0.05, 0.1) is 0 Å². The van der Waals surface area contributed by atoms with Gasteiger partial charge in [0.2, 0.25) is 5.91 Å². The lowest BCUT2D eigenvalue weighted by molar-refractivity contribution is -0.141. The van der Waals surface area contributed by atoms with E-state index in [4.69, 9.17) is 0 Å². The lowest BCUT2D eigenvalue weighted by Crippen LogP contribution is -2.49. The molecule has 1 atom stereocenters. The van der Waals surface area contributed by atoms with Gasteiger partial charge >= 0.3 is 0 Å². The molecule has 0 spiro atoms. The van der Waals surface area contributed by atoms with Gasteiger partial charge in [-0.05, 0) is 99.8 Å². The minimum atomic E-state index is 0. The molecule has 2 aliphatic heterocycles. The molecule has 1 amide bonds. The summed E-state index contributed by atoms with van der Waals surface area (Å²) < 4.78 is 0. The summed E-state index contributed by atoms with van der Waals surface area (Å²) in [6, 6.07) is 0.741. The van der Waals surface area contributed by atoms with E-state index in [1.807, 2.05) is 0 Å². The molecule has 142 valence electrons. The normalized spacial score (nSPS) is 43.3. The van der Waals surface area contributed by atoms with Crippen LogP contribution in [0.2, 0.25) is 0 Å². The van der Waals surface area contributed by atoms with Crippen molar-refractivity contribution >= 4 is 18.3 Å². The molecule has 0 aromatic rings. The highest BCUT2D eigenvalue weighted by atomic mass is 35.5. The zero-order chi connectivity index (χ0) is 16.1. The molecule has 4 saturated carbocycles. The van der Waals surface area contributed by atoms with Crippen LogP contribution in [-0.2, 0) is 4.79 Å². The topological polar surface area (TPSA) is 32.3 Å². The minimum absolute atomic E-state index is 0. The fourth-order valence-electron chi connectivity index (χ4n) is 7.60. The Morgan fingerprint density at radius 2 is 1.56 bits per heavy atom. The maximum atomic E-state index is 13.0. The van der Waals surface area contributed by atoms with Crippen molar-refractivity contribution in [1.29, 1.82) is 0 Å². The first-order chi connectivity index (χ1) is 11.7. The maximum absolute atomic E-state index is 13.0. The minimum Gasteiger partial charge on any atom is -0.343 e. The zero-order valence-corrected chi connectivity index (χ0v) is 16.4. The third-order valence-corrected chi connectivity index (χ3v) is 8.25. The number of carbonyl (C=O) groups is 1. The van der Waals surface area contributed by atoms with Crippen LogP contribution < -0.4 is 5.32 Å². The Balaban J connectivity index is 0.00000157. The van der Waals surface area contributed by atoms with E-state index >= 15 is 0 Å². The number of nitrogens with zero attached hydrogens (tertiary/aromatic N) is 1. The van der Waals surface area contributed by atoms with Crippen LogP contribution in [0.3, 0.4) is 0 Å². The molecule has 1 unspecified atom stereocenters. The molecule has 4 bridgehead atoms. The lowest BCUT2D eigenvalue weighted by atomic mass is 9.49. The number of halogens is 1. The van der Waals surface area contributed by atoms with Crippen molar-refractivity contribution in [2.24, 2.45) is 29.1 Å². The van der Waals surface area contributed by atoms with Crippen molar-refractivity contribution in [3.63, 3.8) is 0 Å². The third-order valence-electron chi connectivity index (χ3n) is 8.25. The molecule has 6 rings (SSSR count). The summed E-state index contributed by atoms with van der Waals surface area (Å²) in [7, 11) is 0. The molecule has 4 heteroatoms. The maximum Gasteiger partial charge on any atom is 0.223 e. The summed E-state index contributed by atoms with van der Waals surface area (Å²) in [5.74, 6) is 4.19. The smallest absolute Gasteiger partial charge is 0.223 e. The predicted molar refractivity (Wildman–Crippen MR) is 103 cm³/mol. The number of rotatable bonds is 3. The number of piperidine rings is 1. The first-order valence-corrected chi connectivity index (χ1v) is 10.7. The van der Waals surface area contributed by atoms with Crippen molar-refractivity contribution < 1.29 is 4.79 Å². The number of hydrogen-bond donors (Lipinski definition) is 1. The van der Waals surface area contributed by atoms with Crippen molar-refractivity contribution in [3.8, 4) is 0 Å². The number of carbonyl (C=O) groups excluding carboxylic acids is 1. The van der Waals surface area contributed by atoms with Crippen LogP contribution in [0.1, 0.15) is 70.6 Å². The van der Waals surface area contributed by atoms with Gasteiger partial charge in [-0.25, -0.2) is 0 Å². The summed E-state index contributed by atoms with van der Waals surface area (Å²) in [4.78, 5) is 15.2. The first kappa shape index (κ1) is 18.1. The average Bonchev–Trinajstić information content (AvgIpc) is 3.07. The molecule has 6 fully saturated rings. The standard InChI is InChI=1S/C21H34N2O.ClH/c24-20(23-6-3-18(4-7-23)19-2-1-5-22-19)14-21-11-15-8-16(12-21)10-17(9-15)13-21;/h15-19,22H,1-14H2;1H. The Bertz CT molecular complexity index is 459. The molecule has 3 nitrogen and oxygen atoms in total. The van der Waals surface area contributed by atoms with Gasteiger partial charge in [-0.3, -0.25) is 4.79 Å². The van der Waals surface area contributed by atoms with Crippen LogP contribution in [0, 0.1) is 29.1 Å². The Morgan fingerprint density at radius 3 is 2.08 bits per heavy atom. The van der Waals surface area contributed by atoms with Gasteiger partial charge < -0.3 is 10.2 Å². The Labute approximate surface area is 159 Å². The van der Waals surface area contributed by atoms with Gasteiger partial charge in [0, 0.05) is 25.6 Å². The van der Waals surface area contributed by atoms with Gasteiger partial charge in [-0.1, -0.05) is 0 Å². The Hall–Kier alpha value is -0.280. The second kappa shape index (κ2) is 7.03. The van der Waals surface area contributed by atoms with Crippen LogP contribution in [0.4, 0.5) is 0 Å². The third kappa shape index (κ3) is 3.48. The van der Waals surface area contributed by atoms with Gasteiger partial charge in [-0.15, -0.1) is 12.4 Å². The van der Waals surface area contributed by atoms with E-state index in [9.17, 15) is 4.79 Å². The summed E-state index contributed by atoms with van der Waals surface area (Å²) in [5.41, 5.74) is 0.412. The molecule has 0 aromatic heterocycles. The second-order valence-corrected chi connectivity index (χ2v) is 10.0. The number of amides is 1. The van der Waals surface area contributed by atoms with E-state index in [1.54, 1.807) is 0 Å². The molecule has 1 N–H and O–H groups in total. The van der Waals surface area contributed by atoms with Crippen LogP contribution >= 0.6 is 12.4 Å². The van der Waals surface area contributed by atoms with Crippen LogP contribution in [0.5, 0.6) is 0 Å². The van der Waals surface area contributed by atoms with E-state index in [1.165, 1.54) is 70.8 Å². The van der Waals surface area contributed by atoms with Crippen LogP contribution in [0.25, 0.3) is 0 Å². The zero-order valence-electron chi connectivity index (χ0n) is 15.5. The van der Waals surface area contributed by atoms with Crippen molar-refractivity contribution in [2.45, 2.75) is 76.7 Å². The molecule has 0 aromatic carbocycles. The fourth-order valence-corrected chi connectivity index (χ4v) is 7.60. The first-order valence-electron chi connectivity index (χ1n) is 10.7. The predicted octanol–water partition coefficient (Wildman–Crippen LogP) is 4.01. The van der Waals surface area contributed by atoms with Crippen LogP contribution in [-0.4, -0.2) is 36.5 Å². The summed E-state index contributed by atoms with van der Waals surface area (Å²) in [5, 5.41) is 3.67. The van der Waals surface area contributed by atoms with Gasteiger partial charge in [0.15, 0.2) is 0 Å². The summed E-state index contributed by atoms with van der Waals surface area (Å²) in [6.45, 7) is 3.25. The highest BCUT2D eigenvalue weighted by Crippen LogP contribution is 2.61. The lowest BCUT2D eigenvalue weighted by Gasteiger charge is -2.57. The van der Waals surface area contributed by atoms with Gasteiger partial charge in [0.25, 0.3) is 0 Å². The van der Waals surface area contributed by atoms with E-state index in [0.29, 0.717) is 11.3 Å². The van der Waals surface area contributed by atoms with Gasteiger partial charge in [-0.2, -0.15) is 0 Å². The summed E-state index contributed by atoms with van der Waals surface area (Å²) >= 11 is 0. The molecule has 2 saturated heterocycles. The Kier molecular flexibility index (Phi) is 5.09. The summed E-state index contributed by atoms with van der Waals surface area (Å²) in [6.07, 6.45) is 14.6. The highest BCUT2D eigenvalue weighted by Gasteiger charge is 2.51. The van der Waals surface area contributed by atoms with Crippen molar-refractivity contribution in [1.82, 2.24) is 10.2 Å². The monoisotopic (exact) mass is 366 g/mol. The molecular formula is C21H35ClN2O. The van der Waals surface area contributed by atoms with E-state index in [-0.39, 0.29) is 12.4 Å². The Morgan fingerprint density at radius 1 is 0.960 bits per heavy atom. The number of hydrogen-bond acceptors (Lipinski definition) is 2. The van der Waals surface area contributed by atoms with E-state index in [2.05, 4.69) is 10.2 Å². The molecule has 4 aliphatic carbocycles. The quantitative estimate of drug-likeness (QED) is 0.818. The SMILES string of the molecule is Cl.O=C(CC12CC3CC(CC(C3)C1)C2)N1CCC(C2CCCN2)CC1. The fraction of sp³-hybridized carbons (Fsp3) is 0.952. The highest BCUT2D eigenvalue weighted by molar-refractivity contribution is 5.85. The second-order valence-electron chi connectivity index (χ2n) is 10.0. The van der Waals surface area contributed by atoms with E-state index < -0.39 is 0 Å². The molecule has 6 aliphatic rings. The largest absolute Gasteiger partial charge is 0.343 e. The average molecular weight is 367 g/mol. The number of nitrogens with one attached hydrogen (secondary N) is 1. The molecular weight excluding hydrogens is 332 g/mol. The molecule has 25 heavy (non-hydrogen) atoms.